The van der Waals surface area contributed by atoms with Crippen LogP contribution in [0.2, 0.25) is 0 Å². The Morgan fingerprint density at radius 2 is 1.85 bits per heavy atom. The molecule has 202 valence electrons. The van der Waals surface area contributed by atoms with Crippen molar-refractivity contribution in [2.45, 2.75) is 26.3 Å². The molecule has 0 bridgehead atoms. The van der Waals surface area contributed by atoms with Crippen molar-refractivity contribution in [3.05, 3.63) is 69.7 Å². The molecule has 2 aliphatic rings. The second kappa shape index (κ2) is 10.8. The first-order valence-corrected chi connectivity index (χ1v) is 13.1. The van der Waals surface area contributed by atoms with E-state index >= 15 is 0 Å². The smallest absolute Gasteiger partial charge is 0.350 e. The van der Waals surface area contributed by atoms with Crippen molar-refractivity contribution >= 4 is 39.9 Å². The number of hydrogen-bond acceptors (Lipinski definition) is 10. The zero-order valence-electron chi connectivity index (χ0n) is 21.6. The van der Waals surface area contributed by atoms with E-state index in [1.54, 1.807) is 49.4 Å². The number of rotatable bonds is 7. The van der Waals surface area contributed by atoms with E-state index in [1.165, 1.54) is 12.0 Å². The molecular formula is C28H26N2O8S. The van der Waals surface area contributed by atoms with Gasteiger partial charge in [-0.1, -0.05) is 30.4 Å². The second-order valence-corrected chi connectivity index (χ2v) is 9.83. The standard InChI is InChI=1S/C28H26N2O8S/c1-4-11-36-18-8-5-16(6-9-18)22-21(23(31)17-7-10-19-20(14-17)38-13-12-37-19)24(32)26(33)30(22)28-29-15(2)25(39-28)27(34)35-3/h5-10,14,22,31H,4,11-13H2,1-3H3. The molecule has 1 unspecified atom stereocenters. The summed E-state index contributed by atoms with van der Waals surface area (Å²) in [6.07, 6.45) is 0.837. The van der Waals surface area contributed by atoms with Crippen molar-refractivity contribution in [1.29, 1.82) is 0 Å². The van der Waals surface area contributed by atoms with E-state index in [1.807, 2.05) is 6.92 Å². The Morgan fingerprint density at radius 1 is 1.13 bits per heavy atom. The van der Waals surface area contributed by atoms with E-state index in [0.717, 1.165) is 17.8 Å². The van der Waals surface area contributed by atoms with Gasteiger partial charge < -0.3 is 24.1 Å². The molecule has 1 atom stereocenters. The molecule has 2 aromatic carbocycles. The summed E-state index contributed by atoms with van der Waals surface area (Å²) < 4.78 is 21.7. The molecule has 10 nitrogen and oxygen atoms in total. The van der Waals surface area contributed by atoms with Crippen LogP contribution in [0.4, 0.5) is 5.13 Å². The molecule has 5 rings (SSSR count). The number of hydrogen-bond donors (Lipinski definition) is 1. The summed E-state index contributed by atoms with van der Waals surface area (Å²) in [5.41, 5.74) is 1.07. The number of aliphatic hydroxyl groups is 1. The number of esters is 1. The number of Topliss-reactive ketones (excluding diaryl/α,β-unsaturated/α-hetero) is 1. The van der Waals surface area contributed by atoms with Crippen LogP contribution in [0, 0.1) is 6.92 Å². The fourth-order valence-electron chi connectivity index (χ4n) is 4.42. The predicted molar refractivity (Wildman–Crippen MR) is 143 cm³/mol. The zero-order chi connectivity index (χ0) is 27.7. The number of carbonyl (C=O) groups excluding carboxylic acids is 3. The number of methoxy groups -OCH3 is 1. The molecule has 1 aromatic heterocycles. The first-order valence-electron chi connectivity index (χ1n) is 12.3. The molecule has 1 amide bonds. The Kier molecular flexibility index (Phi) is 7.25. The Balaban J connectivity index is 1.65. The lowest BCUT2D eigenvalue weighted by atomic mass is 9.95. The molecule has 2 aliphatic heterocycles. The Hall–Kier alpha value is -4.38. The van der Waals surface area contributed by atoms with Crippen LogP contribution in [0.15, 0.2) is 48.0 Å². The number of aromatic nitrogens is 1. The van der Waals surface area contributed by atoms with Crippen LogP contribution in [0.5, 0.6) is 17.2 Å². The van der Waals surface area contributed by atoms with Crippen LogP contribution >= 0.6 is 11.3 Å². The number of benzene rings is 2. The molecular weight excluding hydrogens is 524 g/mol. The number of aliphatic hydroxyl groups excluding tert-OH is 1. The maximum Gasteiger partial charge on any atom is 0.350 e. The lowest BCUT2D eigenvalue weighted by Crippen LogP contribution is -2.29. The number of amides is 1. The number of carbonyl (C=O) groups is 3. The number of aryl methyl sites for hydroxylation is 1. The van der Waals surface area contributed by atoms with E-state index in [-0.39, 0.29) is 26.9 Å². The monoisotopic (exact) mass is 550 g/mol. The van der Waals surface area contributed by atoms with E-state index in [4.69, 9.17) is 18.9 Å². The normalized spacial score (nSPS) is 17.8. The highest BCUT2D eigenvalue weighted by molar-refractivity contribution is 7.17. The van der Waals surface area contributed by atoms with E-state index < -0.39 is 23.7 Å². The van der Waals surface area contributed by atoms with E-state index in [9.17, 15) is 19.5 Å². The summed E-state index contributed by atoms with van der Waals surface area (Å²) in [6, 6.07) is 10.7. The van der Waals surface area contributed by atoms with Crippen molar-refractivity contribution < 1.29 is 38.4 Å². The minimum absolute atomic E-state index is 0.119. The fourth-order valence-corrected chi connectivity index (χ4v) is 5.44. The first-order chi connectivity index (χ1) is 18.8. The van der Waals surface area contributed by atoms with Gasteiger partial charge >= 0.3 is 11.9 Å². The van der Waals surface area contributed by atoms with Gasteiger partial charge in [0.05, 0.1) is 31.0 Å². The second-order valence-electron chi connectivity index (χ2n) is 8.85. The van der Waals surface area contributed by atoms with Crippen LogP contribution in [-0.2, 0) is 14.3 Å². The molecule has 3 heterocycles. The van der Waals surface area contributed by atoms with Gasteiger partial charge in [0.25, 0.3) is 5.78 Å². The van der Waals surface area contributed by atoms with Crippen molar-refractivity contribution in [2.75, 3.05) is 31.8 Å². The SMILES string of the molecule is CCCOc1ccc(C2C(=C(O)c3ccc4c(c3)OCCO4)C(=O)C(=O)N2c2nc(C)c(C(=O)OC)s2)cc1. The van der Waals surface area contributed by atoms with Gasteiger partial charge in [0, 0.05) is 5.56 Å². The van der Waals surface area contributed by atoms with Gasteiger partial charge in [0.15, 0.2) is 16.6 Å². The zero-order valence-corrected chi connectivity index (χ0v) is 22.4. The van der Waals surface area contributed by atoms with Crippen LogP contribution in [0.25, 0.3) is 5.76 Å². The predicted octanol–water partition coefficient (Wildman–Crippen LogP) is 4.42. The van der Waals surface area contributed by atoms with Gasteiger partial charge in [-0.3, -0.25) is 14.5 Å². The van der Waals surface area contributed by atoms with E-state index in [0.29, 0.717) is 48.3 Å². The highest BCUT2D eigenvalue weighted by Crippen LogP contribution is 2.45. The summed E-state index contributed by atoms with van der Waals surface area (Å²) in [5.74, 6) is -1.16. The van der Waals surface area contributed by atoms with E-state index in [2.05, 4.69) is 4.98 Å². The van der Waals surface area contributed by atoms with Gasteiger partial charge in [-0.2, -0.15) is 0 Å². The highest BCUT2D eigenvalue weighted by Gasteiger charge is 2.48. The molecule has 1 N–H and O–H groups in total. The largest absolute Gasteiger partial charge is 0.507 e. The average Bonchev–Trinajstić information content (AvgIpc) is 3.47. The third-order valence-corrected chi connectivity index (χ3v) is 7.43. The summed E-state index contributed by atoms with van der Waals surface area (Å²) in [6.45, 7) is 4.91. The average molecular weight is 551 g/mol. The van der Waals surface area contributed by atoms with Crippen LogP contribution in [0.3, 0.4) is 0 Å². The Labute approximate surface area is 228 Å². The van der Waals surface area contributed by atoms with Gasteiger partial charge in [0.2, 0.25) is 0 Å². The molecule has 0 spiro atoms. The molecule has 0 saturated carbocycles. The number of ketones is 1. The summed E-state index contributed by atoms with van der Waals surface area (Å²) in [4.78, 5) is 45.0. The maximum atomic E-state index is 13.5. The van der Waals surface area contributed by atoms with Crippen molar-refractivity contribution in [1.82, 2.24) is 4.98 Å². The molecule has 1 saturated heterocycles. The highest BCUT2D eigenvalue weighted by atomic mass is 32.1. The maximum absolute atomic E-state index is 13.5. The fraction of sp³-hybridized carbons (Fsp3) is 0.286. The van der Waals surface area contributed by atoms with Crippen LogP contribution in [-0.4, -0.2) is 54.7 Å². The summed E-state index contributed by atoms with van der Waals surface area (Å²) in [5, 5.41) is 11.6. The minimum Gasteiger partial charge on any atom is -0.507 e. The Bertz CT molecular complexity index is 1480. The van der Waals surface area contributed by atoms with Gasteiger partial charge in [-0.25, -0.2) is 9.78 Å². The minimum atomic E-state index is -1.02. The number of anilines is 1. The molecule has 39 heavy (non-hydrogen) atoms. The number of nitrogens with zero attached hydrogens (tertiary/aromatic N) is 2. The van der Waals surface area contributed by atoms with Crippen molar-refractivity contribution in [3.8, 4) is 17.2 Å². The molecule has 0 radical (unpaired) electrons. The topological polar surface area (TPSA) is 124 Å². The molecule has 0 aliphatic carbocycles. The Morgan fingerprint density at radius 3 is 2.54 bits per heavy atom. The third-order valence-electron chi connectivity index (χ3n) is 6.29. The third kappa shape index (κ3) is 4.81. The van der Waals surface area contributed by atoms with Gasteiger partial charge in [0.1, 0.15) is 29.6 Å². The number of fused-ring (bicyclic) bond motifs is 1. The van der Waals surface area contributed by atoms with Crippen molar-refractivity contribution in [2.24, 2.45) is 0 Å². The summed E-state index contributed by atoms with van der Waals surface area (Å²) >= 11 is 0.938. The van der Waals surface area contributed by atoms with Gasteiger partial charge in [-0.05, 0) is 49.2 Å². The van der Waals surface area contributed by atoms with Crippen LogP contribution < -0.4 is 19.1 Å². The number of thiazole rings is 1. The quantitative estimate of drug-likeness (QED) is 0.197. The van der Waals surface area contributed by atoms with Crippen molar-refractivity contribution in [3.63, 3.8) is 0 Å². The first kappa shape index (κ1) is 26.2. The lowest BCUT2D eigenvalue weighted by Gasteiger charge is -2.23. The van der Waals surface area contributed by atoms with Gasteiger partial charge in [-0.15, -0.1) is 0 Å². The summed E-state index contributed by atoms with van der Waals surface area (Å²) in [7, 11) is 1.25. The van der Waals surface area contributed by atoms with Crippen LogP contribution in [0.1, 0.15) is 45.9 Å². The molecule has 3 aromatic rings. The molecule has 1 fully saturated rings. The number of ether oxygens (including phenoxy) is 4. The molecule has 11 heteroatoms. The lowest BCUT2D eigenvalue weighted by molar-refractivity contribution is -0.132.